The number of carbonyl (C=O) groups excluding carboxylic acids is 1. The van der Waals surface area contributed by atoms with Crippen LogP contribution in [0.3, 0.4) is 0 Å². The van der Waals surface area contributed by atoms with Crippen molar-refractivity contribution < 1.29 is 18.8 Å². The zero-order valence-electron chi connectivity index (χ0n) is 12.6. The summed E-state index contributed by atoms with van der Waals surface area (Å²) < 4.78 is 12.5. The molecule has 7 heteroatoms. The first-order valence-electron chi connectivity index (χ1n) is 6.80. The van der Waals surface area contributed by atoms with Gasteiger partial charge in [-0.2, -0.15) is 4.57 Å². The summed E-state index contributed by atoms with van der Waals surface area (Å²) in [6.07, 6.45) is 5.14. The second kappa shape index (κ2) is 6.53. The highest BCUT2D eigenvalue weighted by Gasteiger charge is 2.21. The first kappa shape index (κ1) is 15.1. The number of rotatable bonds is 4. The molecule has 0 aromatic carbocycles. The fraction of sp³-hybridized carbons (Fsp3) is 0.125. The van der Waals surface area contributed by atoms with Crippen molar-refractivity contribution in [3.05, 3.63) is 53.1 Å². The molecule has 0 aliphatic rings. The SMILES string of the molecule is COC(=O)c1cc(-c2c(Oc3ncccn3)ccc[n+]2C)cs1. The van der Waals surface area contributed by atoms with E-state index in [0.29, 0.717) is 10.6 Å². The van der Waals surface area contributed by atoms with Crippen LogP contribution in [-0.4, -0.2) is 23.0 Å². The molecule has 116 valence electrons. The van der Waals surface area contributed by atoms with E-state index in [1.54, 1.807) is 24.5 Å². The monoisotopic (exact) mass is 328 g/mol. The molecule has 0 aliphatic heterocycles. The van der Waals surface area contributed by atoms with E-state index < -0.39 is 0 Å². The molecule has 0 spiro atoms. The summed E-state index contributed by atoms with van der Waals surface area (Å²) in [7, 11) is 3.27. The molecular weight excluding hydrogens is 314 g/mol. The highest BCUT2D eigenvalue weighted by atomic mass is 32.1. The fourth-order valence-corrected chi connectivity index (χ4v) is 2.93. The third-order valence-electron chi connectivity index (χ3n) is 3.15. The van der Waals surface area contributed by atoms with Gasteiger partial charge in [0.25, 0.3) is 5.69 Å². The average molecular weight is 328 g/mol. The van der Waals surface area contributed by atoms with E-state index in [1.807, 2.05) is 35.3 Å². The van der Waals surface area contributed by atoms with E-state index in [-0.39, 0.29) is 12.0 Å². The van der Waals surface area contributed by atoms with Crippen molar-refractivity contribution >= 4 is 17.3 Å². The predicted octanol–water partition coefficient (Wildman–Crippen LogP) is 2.61. The maximum atomic E-state index is 11.6. The number of nitrogens with zero attached hydrogens (tertiary/aromatic N) is 3. The first-order chi connectivity index (χ1) is 11.2. The Morgan fingerprint density at radius 2 is 2.04 bits per heavy atom. The Bertz CT molecular complexity index is 834. The molecule has 0 atom stereocenters. The Hall–Kier alpha value is -2.80. The summed E-state index contributed by atoms with van der Waals surface area (Å²) in [6.45, 7) is 0. The second-order valence-electron chi connectivity index (χ2n) is 4.66. The number of aromatic nitrogens is 3. The summed E-state index contributed by atoms with van der Waals surface area (Å²) >= 11 is 1.33. The van der Waals surface area contributed by atoms with Gasteiger partial charge in [-0.25, -0.2) is 14.8 Å². The number of pyridine rings is 1. The number of aryl methyl sites for hydroxylation is 1. The number of hydrogen-bond acceptors (Lipinski definition) is 6. The second-order valence-corrected chi connectivity index (χ2v) is 5.57. The van der Waals surface area contributed by atoms with Crippen molar-refractivity contribution in [1.29, 1.82) is 0 Å². The molecule has 0 radical (unpaired) electrons. The third-order valence-corrected chi connectivity index (χ3v) is 4.06. The van der Waals surface area contributed by atoms with E-state index in [2.05, 4.69) is 9.97 Å². The summed E-state index contributed by atoms with van der Waals surface area (Å²) in [5, 5.41) is 1.89. The van der Waals surface area contributed by atoms with Crippen LogP contribution in [0.4, 0.5) is 0 Å². The lowest BCUT2D eigenvalue weighted by molar-refractivity contribution is -0.660. The highest BCUT2D eigenvalue weighted by Crippen LogP contribution is 2.32. The van der Waals surface area contributed by atoms with Gasteiger partial charge >= 0.3 is 12.0 Å². The molecule has 3 aromatic heterocycles. The summed E-state index contributed by atoms with van der Waals surface area (Å²) in [5.74, 6) is 0.254. The van der Waals surface area contributed by atoms with Crippen LogP contribution in [0.15, 0.2) is 48.2 Å². The lowest BCUT2D eigenvalue weighted by atomic mass is 10.2. The summed E-state index contributed by atoms with van der Waals surface area (Å²) in [6, 6.07) is 7.48. The van der Waals surface area contributed by atoms with Gasteiger partial charge in [-0.3, -0.25) is 0 Å². The van der Waals surface area contributed by atoms with E-state index in [1.165, 1.54) is 18.4 Å². The van der Waals surface area contributed by atoms with Gasteiger partial charge in [0, 0.05) is 23.8 Å². The topological polar surface area (TPSA) is 65.2 Å². The Balaban J connectivity index is 2.01. The van der Waals surface area contributed by atoms with Gasteiger partial charge < -0.3 is 9.47 Å². The van der Waals surface area contributed by atoms with Crippen LogP contribution >= 0.6 is 11.3 Å². The van der Waals surface area contributed by atoms with Crippen molar-refractivity contribution in [3.63, 3.8) is 0 Å². The maximum Gasteiger partial charge on any atom is 0.348 e. The zero-order valence-corrected chi connectivity index (χ0v) is 13.4. The molecule has 0 bridgehead atoms. The predicted molar refractivity (Wildman–Crippen MR) is 84.4 cm³/mol. The Morgan fingerprint density at radius 3 is 2.78 bits per heavy atom. The molecule has 0 aliphatic carbocycles. The number of carbonyl (C=O) groups is 1. The van der Waals surface area contributed by atoms with Gasteiger partial charge in [0.05, 0.1) is 12.7 Å². The fourth-order valence-electron chi connectivity index (χ4n) is 2.12. The molecule has 0 saturated heterocycles. The van der Waals surface area contributed by atoms with Crippen molar-refractivity contribution in [3.8, 4) is 23.0 Å². The van der Waals surface area contributed by atoms with Gasteiger partial charge in [0.1, 0.15) is 11.9 Å². The van der Waals surface area contributed by atoms with Crippen LogP contribution in [-0.2, 0) is 11.8 Å². The molecule has 0 amide bonds. The number of thiophene rings is 1. The van der Waals surface area contributed by atoms with Crippen molar-refractivity contribution in [2.45, 2.75) is 0 Å². The lowest BCUT2D eigenvalue weighted by Crippen LogP contribution is -2.30. The molecule has 23 heavy (non-hydrogen) atoms. The van der Waals surface area contributed by atoms with Crippen LogP contribution in [0.1, 0.15) is 9.67 Å². The number of hydrogen-bond donors (Lipinski definition) is 0. The van der Waals surface area contributed by atoms with Crippen LogP contribution in [0.25, 0.3) is 11.3 Å². The van der Waals surface area contributed by atoms with E-state index >= 15 is 0 Å². The van der Waals surface area contributed by atoms with Crippen molar-refractivity contribution in [2.75, 3.05) is 7.11 Å². The van der Waals surface area contributed by atoms with Crippen molar-refractivity contribution in [1.82, 2.24) is 9.97 Å². The molecule has 6 nitrogen and oxygen atoms in total. The minimum Gasteiger partial charge on any atom is -0.465 e. The minimum absolute atomic E-state index is 0.267. The van der Waals surface area contributed by atoms with Gasteiger partial charge in [-0.05, 0) is 18.2 Å². The average Bonchev–Trinajstić information content (AvgIpc) is 3.05. The zero-order chi connectivity index (χ0) is 16.2. The third kappa shape index (κ3) is 3.19. The van der Waals surface area contributed by atoms with Crippen LogP contribution < -0.4 is 9.30 Å². The minimum atomic E-state index is -0.353. The molecule has 3 aromatic rings. The van der Waals surface area contributed by atoms with Crippen LogP contribution in [0.2, 0.25) is 0 Å². The quantitative estimate of drug-likeness (QED) is 0.544. The van der Waals surface area contributed by atoms with Crippen molar-refractivity contribution in [2.24, 2.45) is 7.05 Å². The van der Waals surface area contributed by atoms with Crippen LogP contribution in [0.5, 0.6) is 11.8 Å². The lowest BCUT2D eigenvalue weighted by Gasteiger charge is -2.06. The molecule has 3 heterocycles. The summed E-state index contributed by atoms with van der Waals surface area (Å²) in [5.41, 5.74) is 1.69. The van der Waals surface area contributed by atoms with E-state index in [0.717, 1.165) is 11.3 Å². The number of esters is 1. The smallest absolute Gasteiger partial charge is 0.348 e. The Labute approximate surface area is 137 Å². The Morgan fingerprint density at radius 1 is 1.26 bits per heavy atom. The molecule has 3 rings (SSSR count). The Kier molecular flexibility index (Phi) is 4.29. The summed E-state index contributed by atoms with van der Waals surface area (Å²) in [4.78, 5) is 20.3. The maximum absolute atomic E-state index is 11.6. The van der Waals surface area contributed by atoms with Gasteiger partial charge in [0.2, 0.25) is 5.75 Å². The normalized spacial score (nSPS) is 10.3. The standard InChI is InChI=1S/C16H14N3O3S/c1-19-8-3-5-12(22-16-17-6-4-7-18-16)14(19)11-9-13(23-10-11)15(20)21-2/h3-10H,1-2H3/q+1. The first-order valence-corrected chi connectivity index (χ1v) is 7.67. The van der Waals surface area contributed by atoms with E-state index in [9.17, 15) is 4.79 Å². The van der Waals surface area contributed by atoms with Gasteiger partial charge in [-0.1, -0.05) is 0 Å². The number of methoxy groups -OCH3 is 1. The molecule has 0 fully saturated rings. The molecular formula is C16H14N3O3S+. The highest BCUT2D eigenvalue weighted by molar-refractivity contribution is 7.12. The largest absolute Gasteiger partial charge is 0.465 e. The molecule has 0 saturated carbocycles. The molecule has 0 unspecified atom stereocenters. The van der Waals surface area contributed by atoms with Gasteiger partial charge in [-0.15, -0.1) is 11.3 Å². The van der Waals surface area contributed by atoms with E-state index in [4.69, 9.17) is 9.47 Å². The molecule has 0 N–H and O–H groups in total. The van der Waals surface area contributed by atoms with Crippen LogP contribution in [0, 0.1) is 0 Å². The number of ether oxygens (including phenoxy) is 2. The van der Waals surface area contributed by atoms with Gasteiger partial charge in [0.15, 0.2) is 6.20 Å².